The number of aliphatic imine (C=N–C) groups is 1. The SMILES string of the molecule is I.c1ccc(CN2CCC(NC(=NCCc3cccs3)NCCc3ccco3)CC2)nc1. The lowest BCUT2D eigenvalue weighted by molar-refractivity contribution is 0.196. The molecule has 0 amide bonds. The second-order valence-electron chi connectivity index (χ2n) is 7.83. The van der Waals surface area contributed by atoms with Crippen LogP contribution in [0, 0.1) is 0 Å². The summed E-state index contributed by atoms with van der Waals surface area (Å²) in [6.45, 7) is 4.66. The molecule has 1 aliphatic heterocycles. The first-order chi connectivity index (χ1) is 15.3. The van der Waals surface area contributed by atoms with Gasteiger partial charge in [0.15, 0.2) is 5.96 Å². The van der Waals surface area contributed by atoms with E-state index in [1.165, 1.54) is 4.88 Å². The zero-order valence-electron chi connectivity index (χ0n) is 18.3. The second-order valence-corrected chi connectivity index (χ2v) is 8.86. The molecular weight excluding hydrogens is 533 g/mol. The van der Waals surface area contributed by atoms with Crippen molar-refractivity contribution < 1.29 is 4.42 Å². The van der Waals surface area contributed by atoms with E-state index in [4.69, 9.17) is 9.41 Å². The highest BCUT2D eigenvalue weighted by Crippen LogP contribution is 2.13. The van der Waals surface area contributed by atoms with Gasteiger partial charge in [-0.15, -0.1) is 35.3 Å². The summed E-state index contributed by atoms with van der Waals surface area (Å²) in [5.41, 5.74) is 1.14. The topological polar surface area (TPSA) is 65.7 Å². The van der Waals surface area contributed by atoms with Gasteiger partial charge in [0.25, 0.3) is 0 Å². The highest BCUT2D eigenvalue weighted by atomic mass is 127. The summed E-state index contributed by atoms with van der Waals surface area (Å²) in [7, 11) is 0. The summed E-state index contributed by atoms with van der Waals surface area (Å²) >= 11 is 1.79. The van der Waals surface area contributed by atoms with Crippen LogP contribution in [0.2, 0.25) is 0 Å². The average Bonchev–Trinajstić information content (AvgIpc) is 3.50. The van der Waals surface area contributed by atoms with Gasteiger partial charge in [0.05, 0.1) is 12.0 Å². The first-order valence-electron chi connectivity index (χ1n) is 11.1. The number of aromatic nitrogens is 1. The molecule has 0 atom stereocenters. The Balaban J connectivity index is 0.00000289. The number of thiophene rings is 1. The first-order valence-corrected chi connectivity index (χ1v) is 11.9. The molecule has 3 aromatic heterocycles. The van der Waals surface area contributed by atoms with E-state index in [2.05, 4.69) is 50.2 Å². The Morgan fingerprint density at radius 1 is 1.12 bits per heavy atom. The Hall–Kier alpha value is -1.91. The number of hydrogen-bond donors (Lipinski definition) is 2. The number of rotatable bonds is 9. The molecule has 0 saturated carbocycles. The number of pyridine rings is 1. The van der Waals surface area contributed by atoms with Gasteiger partial charge in [0.1, 0.15) is 5.76 Å². The maximum Gasteiger partial charge on any atom is 0.191 e. The summed E-state index contributed by atoms with van der Waals surface area (Å²) in [4.78, 5) is 13.2. The van der Waals surface area contributed by atoms with Gasteiger partial charge >= 0.3 is 0 Å². The zero-order valence-corrected chi connectivity index (χ0v) is 21.4. The molecule has 6 nitrogen and oxygen atoms in total. The zero-order chi connectivity index (χ0) is 21.1. The number of nitrogens with one attached hydrogen (secondary N) is 2. The maximum atomic E-state index is 5.45. The van der Waals surface area contributed by atoms with Crippen molar-refractivity contribution in [3.8, 4) is 0 Å². The van der Waals surface area contributed by atoms with Crippen molar-refractivity contribution in [2.45, 2.75) is 38.3 Å². The average molecular weight is 566 g/mol. The van der Waals surface area contributed by atoms with E-state index in [9.17, 15) is 0 Å². The van der Waals surface area contributed by atoms with Gasteiger partial charge < -0.3 is 15.1 Å². The number of furan rings is 1. The van der Waals surface area contributed by atoms with Crippen LogP contribution in [0.1, 0.15) is 29.2 Å². The smallest absolute Gasteiger partial charge is 0.191 e. The minimum absolute atomic E-state index is 0. The fourth-order valence-corrected chi connectivity index (χ4v) is 4.49. The van der Waals surface area contributed by atoms with Crippen LogP contribution < -0.4 is 10.6 Å². The minimum Gasteiger partial charge on any atom is -0.469 e. The summed E-state index contributed by atoms with van der Waals surface area (Å²) in [5, 5.41) is 9.29. The molecule has 1 saturated heterocycles. The second kappa shape index (κ2) is 13.6. The van der Waals surface area contributed by atoms with Crippen LogP contribution in [0.5, 0.6) is 0 Å². The third-order valence-electron chi connectivity index (χ3n) is 5.49. The molecule has 0 unspecified atom stereocenters. The predicted molar refractivity (Wildman–Crippen MR) is 142 cm³/mol. The summed E-state index contributed by atoms with van der Waals surface area (Å²) in [6, 6.07) is 14.8. The standard InChI is InChI=1S/C24H31N5OS.HI/c1-2-12-25-21(5-1)19-29-15-10-20(11-16-29)28-24(26-13-8-22-6-3-17-30-22)27-14-9-23-7-4-18-31-23;/h1-7,12,17-18,20H,8-11,13-16,19H2,(H2,26,27,28);1H. The van der Waals surface area contributed by atoms with Crippen LogP contribution in [0.3, 0.4) is 0 Å². The molecule has 0 aliphatic carbocycles. The quantitative estimate of drug-likeness (QED) is 0.230. The van der Waals surface area contributed by atoms with E-state index in [-0.39, 0.29) is 24.0 Å². The molecule has 1 aliphatic rings. The normalized spacial score (nSPS) is 15.3. The molecule has 3 aromatic rings. The summed E-state index contributed by atoms with van der Waals surface area (Å²) in [5.74, 6) is 1.90. The molecule has 4 heterocycles. The molecule has 32 heavy (non-hydrogen) atoms. The van der Waals surface area contributed by atoms with Gasteiger partial charge in [-0.2, -0.15) is 0 Å². The molecule has 0 spiro atoms. The van der Waals surface area contributed by atoms with Crippen molar-refractivity contribution in [2.24, 2.45) is 4.99 Å². The molecule has 8 heteroatoms. The lowest BCUT2D eigenvalue weighted by atomic mass is 10.0. The van der Waals surface area contributed by atoms with Crippen molar-refractivity contribution in [2.75, 3.05) is 26.2 Å². The third-order valence-corrected chi connectivity index (χ3v) is 6.43. The van der Waals surface area contributed by atoms with Crippen molar-refractivity contribution in [3.63, 3.8) is 0 Å². The monoisotopic (exact) mass is 565 g/mol. The number of piperidine rings is 1. The highest BCUT2D eigenvalue weighted by Gasteiger charge is 2.20. The van der Waals surface area contributed by atoms with Crippen molar-refractivity contribution in [3.05, 3.63) is 76.6 Å². The van der Waals surface area contributed by atoms with Gasteiger partial charge in [-0.05, 0) is 48.6 Å². The lowest BCUT2D eigenvalue weighted by Gasteiger charge is -2.33. The number of likely N-dealkylation sites (tertiary alicyclic amines) is 1. The minimum atomic E-state index is 0. The van der Waals surface area contributed by atoms with E-state index < -0.39 is 0 Å². The molecule has 1 fully saturated rings. The van der Waals surface area contributed by atoms with Gasteiger partial charge in [-0.1, -0.05) is 12.1 Å². The molecule has 172 valence electrons. The van der Waals surface area contributed by atoms with Crippen molar-refractivity contribution >= 4 is 41.3 Å². The Morgan fingerprint density at radius 2 is 2.03 bits per heavy atom. The van der Waals surface area contributed by atoms with Crippen molar-refractivity contribution in [1.29, 1.82) is 0 Å². The van der Waals surface area contributed by atoms with Crippen LogP contribution in [0.15, 0.2) is 69.7 Å². The lowest BCUT2D eigenvalue weighted by Crippen LogP contribution is -2.49. The van der Waals surface area contributed by atoms with Crippen LogP contribution in [-0.2, 0) is 19.4 Å². The Morgan fingerprint density at radius 3 is 2.75 bits per heavy atom. The van der Waals surface area contributed by atoms with E-state index in [1.54, 1.807) is 17.6 Å². The number of halogens is 1. The number of hydrogen-bond acceptors (Lipinski definition) is 5. The van der Waals surface area contributed by atoms with Gasteiger partial charge in [-0.25, -0.2) is 0 Å². The molecule has 4 rings (SSSR count). The largest absolute Gasteiger partial charge is 0.469 e. The highest BCUT2D eigenvalue weighted by molar-refractivity contribution is 14.0. The molecule has 2 N–H and O–H groups in total. The fourth-order valence-electron chi connectivity index (χ4n) is 3.79. The Bertz CT molecular complexity index is 894. The summed E-state index contributed by atoms with van der Waals surface area (Å²) < 4.78 is 5.45. The fraction of sp³-hybridized carbons (Fsp3) is 0.417. The Kier molecular flexibility index (Phi) is 10.5. The van der Waals surface area contributed by atoms with E-state index in [0.717, 1.165) is 75.8 Å². The third kappa shape index (κ3) is 8.22. The predicted octanol–water partition coefficient (Wildman–Crippen LogP) is 4.34. The van der Waals surface area contributed by atoms with Crippen molar-refractivity contribution in [1.82, 2.24) is 20.5 Å². The molecule has 0 radical (unpaired) electrons. The van der Waals surface area contributed by atoms with E-state index in [0.29, 0.717) is 6.04 Å². The van der Waals surface area contributed by atoms with E-state index >= 15 is 0 Å². The van der Waals surface area contributed by atoms with Crippen LogP contribution in [-0.4, -0.2) is 48.1 Å². The molecular formula is C24H32IN5OS. The maximum absolute atomic E-state index is 5.45. The van der Waals surface area contributed by atoms with Gasteiger partial charge in [0, 0.05) is 62.7 Å². The number of nitrogens with zero attached hydrogens (tertiary/aromatic N) is 3. The van der Waals surface area contributed by atoms with Gasteiger partial charge in [0.2, 0.25) is 0 Å². The van der Waals surface area contributed by atoms with E-state index in [1.807, 2.05) is 24.4 Å². The van der Waals surface area contributed by atoms with Crippen LogP contribution in [0.4, 0.5) is 0 Å². The first kappa shape index (κ1) is 24.7. The summed E-state index contributed by atoms with van der Waals surface area (Å²) in [6.07, 6.45) is 7.64. The van der Waals surface area contributed by atoms with Crippen LogP contribution in [0.25, 0.3) is 0 Å². The number of guanidine groups is 1. The van der Waals surface area contributed by atoms with Gasteiger partial charge in [-0.3, -0.25) is 14.9 Å². The molecule has 0 aromatic carbocycles. The Labute approximate surface area is 211 Å². The molecule has 0 bridgehead atoms. The van der Waals surface area contributed by atoms with Crippen LogP contribution >= 0.6 is 35.3 Å².